The molecule has 2 aliphatic rings. The number of amides is 1. The van der Waals surface area contributed by atoms with E-state index < -0.39 is 0 Å². The molecule has 0 spiro atoms. The topological polar surface area (TPSA) is 41.6 Å². The summed E-state index contributed by atoms with van der Waals surface area (Å²) in [5, 5.41) is 3.51. The van der Waals surface area contributed by atoms with Crippen molar-refractivity contribution >= 4 is 40.2 Å². The highest BCUT2D eigenvalue weighted by atomic mass is 35.5. The molecule has 5 heteroatoms. The van der Waals surface area contributed by atoms with Crippen molar-refractivity contribution in [3.63, 3.8) is 0 Å². The van der Waals surface area contributed by atoms with E-state index in [-0.39, 0.29) is 5.91 Å². The van der Waals surface area contributed by atoms with Gasteiger partial charge in [0.15, 0.2) is 0 Å². The van der Waals surface area contributed by atoms with Crippen LogP contribution in [0.4, 0.5) is 11.4 Å². The maximum Gasteiger partial charge on any atom is 0.260 e. The van der Waals surface area contributed by atoms with Gasteiger partial charge in [-0.15, -0.1) is 0 Å². The smallest absolute Gasteiger partial charge is 0.260 e. The lowest BCUT2D eigenvalue weighted by atomic mass is 10.00. The van der Waals surface area contributed by atoms with Crippen LogP contribution in [0.5, 0.6) is 0 Å². The Kier molecular flexibility index (Phi) is 5.51. The van der Waals surface area contributed by atoms with Gasteiger partial charge in [0.25, 0.3) is 5.91 Å². The predicted molar refractivity (Wildman–Crippen MR) is 141 cm³/mol. The summed E-state index contributed by atoms with van der Waals surface area (Å²) in [6.45, 7) is 2.00. The third-order valence-corrected chi connectivity index (χ3v) is 6.69. The number of nitrogens with zero attached hydrogens (tertiary/aromatic N) is 1. The van der Waals surface area contributed by atoms with Crippen LogP contribution in [0.1, 0.15) is 27.8 Å². The SMILES string of the molecule is O=C1Nc2ccc(Cl)cc2C1=C1OCc2cc(N(Cc3ccccc3)Cc3ccccc3)ccc21. The first-order chi connectivity index (χ1) is 17.2. The lowest BCUT2D eigenvalue weighted by Crippen LogP contribution is -2.22. The molecule has 2 aliphatic heterocycles. The minimum Gasteiger partial charge on any atom is -0.487 e. The molecule has 4 aromatic rings. The standard InChI is InChI=1S/C30H23ClN2O2/c31-23-11-14-27-26(16-23)28(30(34)32-27)29-25-13-12-24(15-22(25)19-35-29)33(17-20-7-3-1-4-8-20)18-21-9-5-2-6-10-21/h1-16H,17-19H2,(H,32,34). The van der Waals surface area contributed by atoms with Gasteiger partial charge in [-0.05, 0) is 47.5 Å². The monoisotopic (exact) mass is 478 g/mol. The van der Waals surface area contributed by atoms with E-state index in [0.29, 0.717) is 23.0 Å². The first-order valence-corrected chi connectivity index (χ1v) is 12.0. The molecule has 0 unspecified atom stereocenters. The lowest BCUT2D eigenvalue weighted by molar-refractivity contribution is -0.110. The predicted octanol–water partition coefficient (Wildman–Crippen LogP) is 6.90. The maximum absolute atomic E-state index is 12.8. The van der Waals surface area contributed by atoms with Crippen LogP contribution in [0.25, 0.3) is 11.3 Å². The Bertz CT molecular complexity index is 1410. The molecular formula is C30H23ClN2O2. The van der Waals surface area contributed by atoms with Crippen LogP contribution in [0.2, 0.25) is 5.02 Å². The van der Waals surface area contributed by atoms with Crippen LogP contribution in [0, 0.1) is 0 Å². The number of fused-ring (bicyclic) bond motifs is 2. The molecule has 0 saturated carbocycles. The van der Waals surface area contributed by atoms with Crippen molar-refractivity contribution in [1.29, 1.82) is 0 Å². The summed E-state index contributed by atoms with van der Waals surface area (Å²) in [6, 6.07) is 32.7. The van der Waals surface area contributed by atoms with Crippen LogP contribution < -0.4 is 10.2 Å². The Balaban J connectivity index is 1.38. The van der Waals surface area contributed by atoms with Crippen molar-refractivity contribution in [3.05, 3.63) is 130 Å². The first-order valence-electron chi connectivity index (χ1n) is 11.6. The molecule has 35 heavy (non-hydrogen) atoms. The van der Waals surface area contributed by atoms with Crippen molar-refractivity contribution in [2.24, 2.45) is 0 Å². The van der Waals surface area contributed by atoms with Gasteiger partial charge in [0.2, 0.25) is 0 Å². The van der Waals surface area contributed by atoms with Gasteiger partial charge < -0.3 is 15.0 Å². The average molecular weight is 479 g/mol. The Hall–Kier alpha value is -4.02. The Morgan fingerprint density at radius 3 is 2.17 bits per heavy atom. The van der Waals surface area contributed by atoms with E-state index >= 15 is 0 Å². The van der Waals surface area contributed by atoms with Crippen LogP contribution in [0.15, 0.2) is 97.1 Å². The number of hydrogen-bond acceptors (Lipinski definition) is 3. The molecule has 4 nitrogen and oxygen atoms in total. The number of ether oxygens (including phenoxy) is 1. The molecule has 0 aliphatic carbocycles. The molecule has 0 aromatic heterocycles. The van der Waals surface area contributed by atoms with Crippen LogP contribution in [0.3, 0.4) is 0 Å². The van der Waals surface area contributed by atoms with Crippen molar-refractivity contribution in [1.82, 2.24) is 0 Å². The molecule has 4 aromatic carbocycles. The summed E-state index contributed by atoms with van der Waals surface area (Å²) in [4.78, 5) is 15.2. The van der Waals surface area contributed by atoms with Crippen molar-refractivity contribution < 1.29 is 9.53 Å². The van der Waals surface area contributed by atoms with Crippen molar-refractivity contribution in [3.8, 4) is 0 Å². The van der Waals surface area contributed by atoms with Gasteiger partial charge in [-0.3, -0.25) is 4.79 Å². The fraction of sp³-hybridized carbons (Fsp3) is 0.100. The Morgan fingerprint density at radius 1 is 0.800 bits per heavy atom. The third-order valence-electron chi connectivity index (χ3n) is 6.46. The highest BCUT2D eigenvalue weighted by molar-refractivity contribution is 6.38. The number of rotatable bonds is 5. The molecule has 0 fully saturated rings. The summed E-state index contributed by atoms with van der Waals surface area (Å²) in [6.07, 6.45) is 0. The summed E-state index contributed by atoms with van der Waals surface area (Å²) in [5.41, 5.74) is 7.71. The van der Waals surface area contributed by atoms with Crippen molar-refractivity contribution in [2.75, 3.05) is 10.2 Å². The third kappa shape index (κ3) is 4.17. The molecule has 0 radical (unpaired) electrons. The minimum absolute atomic E-state index is 0.163. The van der Waals surface area contributed by atoms with Gasteiger partial charge in [-0.2, -0.15) is 0 Å². The number of hydrogen-bond donors (Lipinski definition) is 1. The lowest BCUT2D eigenvalue weighted by Gasteiger charge is -2.26. The molecule has 6 rings (SSSR count). The van der Waals surface area contributed by atoms with E-state index in [1.54, 1.807) is 6.07 Å². The quantitative estimate of drug-likeness (QED) is 0.317. The van der Waals surface area contributed by atoms with Gasteiger partial charge in [-0.1, -0.05) is 72.3 Å². The summed E-state index contributed by atoms with van der Waals surface area (Å²) in [7, 11) is 0. The van der Waals surface area contributed by atoms with Gasteiger partial charge in [0, 0.05) is 46.2 Å². The summed E-state index contributed by atoms with van der Waals surface area (Å²) < 4.78 is 6.10. The van der Waals surface area contributed by atoms with E-state index in [9.17, 15) is 4.79 Å². The largest absolute Gasteiger partial charge is 0.487 e. The number of benzene rings is 4. The normalized spacial score (nSPS) is 15.9. The molecule has 1 amide bonds. The second-order valence-electron chi connectivity index (χ2n) is 8.81. The highest BCUT2D eigenvalue weighted by Gasteiger charge is 2.33. The van der Waals surface area contributed by atoms with E-state index in [4.69, 9.17) is 16.3 Å². The van der Waals surface area contributed by atoms with Gasteiger partial charge >= 0.3 is 0 Å². The average Bonchev–Trinajstić information content (AvgIpc) is 3.43. The second kappa shape index (κ2) is 8.97. The maximum atomic E-state index is 12.8. The number of carbonyl (C=O) groups excluding carboxylic acids is 1. The van der Waals surface area contributed by atoms with Crippen LogP contribution >= 0.6 is 11.6 Å². The Morgan fingerprint density at radius 2 is 1.49 bits per heavy atom. The van der Waals surface area contributed by atoms with Crippen molar-refractivity contribution in [2.45, 2.75) is 19.7 Å². The number of nitrogens with one attached hydrogen (secondary N) is 1. The Labute approximate surface area is 209 Å². The number of carbonyl (C=O) groups is 1. The summed E-state index contributed by atoms with van der Waals surface area (Å²) in [5.74, 6) is 0.451. The molecule has 0 bridgehead atoms. The summed E-state index contributed by atoms with van der Waals surface area (Å²) >= 11 is 6.22. The molecule has 2 heterocycles. The number of halogens is 1. The second-order valence-corrected chi connectivity index (χ2v) is 9.24. The van der Waals surface area contributed by atoms with Gasteiger partial charge in [0.05, 0.1) is 5.57 Å². The highest BCUT2D eigenvalue weighted by Crippen LogP contribution is 2.43. The fourth-order valence-electron chi connectivity index (χ4n) is 4.76. The molecular weight excluding hydrogens is 456 g/mol. The minimum atomic E-state index is -0.163. The number of anilines is 2. The van der Waals surface area contributed by atoms with Gasteiger partial charge in [0.1, 0.15) is 12.4 Å². The zero-order valence-corrected chi connectivity index (χ0v) is 19.8. The zero-order chi connectivity index (χ0) is 23.8. The first kappa shape index (κ1) is 21.5. The molecule has 0 atom stereocenters. The van der Waals surface area contributed by atoms with Crippen LogP contribution in [-0.2, 0) is 29.2 Å². The zero-order valence-electron chi connectivity index (χ0n) is 19.0. The van der Waals surface area contributed by atoms with E-state index in [2.05, 4.69) is 76.9 Å². The molecule has 1 N–H and O–H groups in total. The van der Waals surface area contributed by atoms with E-state index in [1.165, 1.54) is 11.1 Å². The fourth-order valence-corrected chi connectivity index (χ4v) is 4.94. The van der Waals surface area contributed by atoms with E-state index in [0.717, 1.165) is 41.2 Å². The molecule has 172 valence electrons. The van der Waals surface area contributed by atoms with Crippen LogP contribution in [-0.4, -0.2) is 5.91 Å². The van der Waals surface area contributed by atoms with Gasteiger partial charge in [-0.25, -0.2) is 0 Å². The van der Waals surface area contributed by atoms with E-state index in [1.807, 2.05) is 24.3 Å². The molecule has 0 saturated heterocycles.